The number of amides is 1. The number of terminal acetylenes is 1. The molecule has 1 aliphatic heterocycles. The molecule has 0 radical (unpaired) electrons. The van der Waals surface area contributed by atoms with Crippen molar-refractivity contribution in [1.29, 1.82) is 5.41 Å². The first-order valence-corrected chi connectivity index (χ1v) is 6.89. The molecule has 2 aliphatic rings. The van der Waals surface area contributed by atoms with Gasteiger partial charge in [-0.1, -0.05) is 12.8 Å². The summed E-state index contributed by atoms with van der Waals surface area (Å²) in [6.45, 7) is 2.98. The average Bonchev–Trinajstić information content (AvgIpc) is 3.00. The molecule has 5 N–H and O–H groups in total. The van der Waals surface area contributed by atoms with Crippen LogP contribution in [-0.4, -0.2) is 43.6 Å². The van der Waals surface area contributed by atoms with Crippen LogP contribution in [0.5, 0.6) is 0 Å². The van der Waals surface area contributed by atoms with Crippen molar-refractivity contribution in [3.63, 3.8) is 0 Å². The molecule has 2 rings (SSSR count). The van der Waals surface area contributed by atoms with Gasteiger partial charge in [-0.25, -0.2) is 0 Å². The molecular weight excluding hydrogens is 256 g/mol. The third-order valence-electron chi connectivity index (χ3n) is 4.23. The van der Waals surface area contributed by atoms with Crippen molar-refractivity contribution < 1.29 is 9.53 Å². The molecule has 4 atom stereocenters. The second kappa shape index (κ2) is 5.92. The maximum atomic E-state index is 12.1. The Morgan fingerprint density at radius 3 is 3.05 bits per heavy atom. The summed E-state index contributed by atoms with van der Waals surface area (Å²) >= 11 is 0. The Morgan fingerprint density at radius 2 is 2.45 bits per heavy atom. The van der Waals surface area contributed by atoms with E-state index in [1.165, 1.54) is 0 Å². The standard InChI is InChI=1S/C14H22N4O2/c1-3-4-20-7-9(2)12(16)18-13(19)10-5-14(8-15)6-11(14)17-10/h1,9-11,17H,4-8,15H2,2H3,(H2,16,18,19)/t9?,10-,11+,14-/m0/s1. The molecule has 1 amide bonds. The number of carbonyl (C=O) groups is 1. The molecule has 1 heterocycles. The largest absolute Gasteiger partial charge is 0.368 e. The van der Waals surface area contributed by atoms with Crippen molar-refractivity contribution >= 4 is 11.7 Å². The predicted octanol–water partition coefficient (Wildman–Crippen LogP) is -0.555. The summed E-state index contributed by atoms with van der Waals surface area (Å²) in [7, 11) is 0. The minimum absolute atomic E-state index is 0.117. The maximum absolute atomic E-state index is 12.1. The lowest BCUT2D eigenvalue weighted by Gasteiger charge is -2.18. The van der Waals surface area contributed by atoms with Crippen molar-refractivity contribution in [1.82, 2.24) is 10.6 Å². The zero-order chi connectivity index (χ0) is 14.8. The van der Waals surface area contributed by atoms with Crippen LogP contribution in [-0.2, 0) is 9.53 Å². The van der Waals surface area contributed by atoms with E-state index in [0.29, 0.717) is 19.2 Å². The highest BCUT2D eigenvalue weighted by Gasteiger charge is 2.60. The van der Waals surface area contributed by atoms with E-state index in [1.54, 1.807) is 0 Å². The molecule has 0 bridgehead atoms. The van der Waals surface area contributed by atoms with Crippen LogP contribution in [0, 0.1) is 29.1 Å². The number of rotatable bonds is 6. The highest BCUT2D eigenvalue weighted by molar-refractivity contribution is 6.00. The van der Waals surface area contributed by atoms with Crippen molar-refractivity contribution in [2.24, 2.45) is 17.1 Å². The fraction of sp³-hybridized carbons (Fsp3) is 0.714. The fourth-order valence-corrected chi connectivity index (χ4v) is 2.72. The number of fused-ring (bicyclic) bond motifs is 1. The Hall–Kier alpha value is -1.42. The molecule has 0 aromatic rings. The molecule has 1 aliphatic carbocycles. The number of ether oxygens (including phenoxy) is 1. The van der Waals surface area contributed by atoms with Crippen LogP contribution in [0.1, 0.15) is 19.8 Å². The van der Waals surface area contributed by atoms with Crippen LogP contribution in [0.3, 0.4) is 0 Å². The minimum atomic E-state index is -0.239. The van der Waals surface area contributed by atoms with Gasteiger partial charge in [-0.2, -0.15) is 0 Å². The van der Waals surface area contributed by atoms with Crippen LogP contribution >= 0.6 is 0 Å². The summed E-state index contributed by atoms with van der Waals surface area (Å²) in [5.74, 6) is 2.19. The van der Waals surface area contributed by atoms with E-state index in [1.807, 2.05) is 6.92 Å². The van der Waals surface area contributed by atoms with Crippen LogP contribution in [0.4, 0.5) is 0 Å². The number of nitrogens with one attached hydrogen (secondary N) is 3. The maximum Gasteiger partial charge on any atom is 0.242 e. The number of carbonyl (C=O) groups excluding carboxylic acids is 1. The lowest BCUT2D eigenvalue weighted by atomic mass is 9.99. The Labute approximate surface area is 119 Å². The van der Waals surface area contributed by atoms with Gasteiger partial charge >= 0.3 is 0 Å². The average molecular weight is 278 g/mol. The first-order valence-electron chi connectivity index (χ1n) is 6.89. The molecule has 1 unspecified atom stereocenters. The smallest absolute Gasteiger partial charge is 0.242 e. The zero-order valence-corrected chi connectivity index (χ0v) is 11.7. The molecule has 6 heteroatoms. The topological polar surface area (TPSA) is 100 Å². The van der Waals surface area contributed by atoms with Gasteiger partial charge in [0, 0.05) is 17.4 Å². The summed E-state index contributed by atoms with van der Waals surface area (Å²) in [6.07, 6.45) is 6.90. The van der Waals surface area contributed by atoms with E-state index in [9.17, 15) is 4.79 Å². The van der Waals surface area contributed by atoms with Gasteiger partial charge in [0.25, 0.3) is 0 Å². The number of nitrogens with two attached hydrogens (primary N) is 1. The fourth-order valence-electron chi connectivity index (χ4n) is 2.72. The Kier molecular flexibility index (Phi) is 4.43. The predicted molar refractivity (Wildman–Crippen MR) is 76.1 cm³/mol. The quantitative estimate of drug-likeness (QED) is 0.226. The van der Waals surface area contributed by atoms with Gasteiger partial charge in [0.2, 0.25) is 5.91 Å². The first-order chi connectivity index (χ1) is 9.52. The molecule has 110 valence electrons. The third-order valence-corrected chi connectivity index (χ3v) is 4.23. The normalized spacial score (nSPS) is 32.0. The van der Waals surface area contributed by atoms with Crippen molar-refractivity contribution in [2.75, 3.05) is 19.8 Å². The lowest BCUT2D eigenvalue weighted by Crippen LogP contribution is -2.46. The lowest BCUT2D eigenvalue weighted by molar-refractivity contribution is -0.121. The van der Waals surface area contributed by atoms with E-state index < -0.39 is 0 Å². The SMILES string of the molecule is C#CCOCC(C)C(=N)NC(=O)[C@@H]1C[C@@]2(CN)C[C@H]2N1. The van der Waals surface area contributed by atoms with E-state index >= 15 is 0 Å². The summed E-state index contributed by atoms with van der Waals surface area (Å²) < 4.78 is 5.17. The number of piperidine rings is 1. The molecule has 0 aromatic carbocycles. The molecule has 20 heavy (non-hydrogen) atoms. The van der Waals surface area contributed by atoms with Gasteiger partial charge in [-0.3, -0.25) is 10.2 Å². The highest BCUT2D eigenvalue weighted by Crippen LogP contribution is 2.53. The summed E-state index contributed by atoms with van der Waals surface area (Å²) in [6, 6.07) is 0.130. The number of amidine groups is 1. The van der Waals surface area contributed by atoms with E-state index in [4.69, 9.17) is 22.3 Å². The van der Waals surface area contributed by atoms with E-state index in [2.05, 4.69) is 16.6 Å². The summed E-state index contributed by atoms with van der Waals surface area (Å²) in [5, 5.41) is 13.8. The Morgan fingerprint density at radius 1 is 1.70 bits per heavy atom. The molecule has 2 fully saturated rings. The Balaban J connectivity index is 1.75. The van der Waals surface area contributed by atoms with Crippen LogP contribution in [0.25, 0.3) is 0 Å². The van der Waals surface area contributed by atoms with Gasteiger partial charge in [0.15, 0.2) is 0 Å². The first kappa shape index (κ1) is 15.0. The second-order valence-corrected chi connectivity index (χ2v) is 5.77. The van der Waals surface area contributed by atoms with Crippen LogP contribution in [0.15, 0.2) is 0 Å². The molecule has 1 saturated carbocycles. The molecule has 6 nitrogen and oxygen atoms in total. The zero-order valence-electron chi connectivity index (χ0n) is 11.7. The van der Waals surface area contributed by atoms with Crippen molar-refractivity contribution in [3.8, 4) is 12.3 Å². The van der Waals surface area contributed by atoms with Crippen LogP contribution in [0.2, 0.25) is 0 Å². The van der Waals surface area contributed by atoms with Crippen LogP contribution < -0.4 is 16.4 Å². The monoisotopic (exact) mass is 278 g/mol. The Bertz CT molecular complexity index is 441. The van der Waals surface area contributed by atoms with Gasteiger partial charge < -0.3 is 21.1 Å². The summed E-state index contributed by atoms with van der Waals surface area (Å²) in [5.41, 5.74) is 5.86. The van der Waals surface area contributed by atoms with E-state index in [-0.39, 0.29) is 35.7 Å². The second-order valence-electron chi connectivity index (χ2n) is 5.77. The highest BCUT2D eigenvalue weighted by atomic mass is 16.5. The van der Waals surface area contributed by atoms with Gasteiger partial charge in [0.1, 0.15) is 12.4 Å². The number of hydrogen-bond acceptors (Lipinski definition) is 5. The molecule has 1 saturated heterocycles. The van der Waals surface area contributed by atoms with E-state index in [0.717, 1.165) is 12.8 Å². The minimum Gasteiger partial charge on any atom is -0.368 e. The van der Waals surface area contributed by atoms with Crippen molar-refractivity contribution in [2.45, 2.75) is 31.8 Å². The number of hydrogen-bond donors (Lipinski definition) is 4. The molecule has 0 spiro atoms. The van der Waals surface area contributed by atoms with Gasteiger partial charge in [-0.15, -0.1) is 6.42 Å². The molecule has 0 aromatic heterocycles. The van der Waals surface area contributed by atoms with Crippen molar-refractivity contribution in [3.05, 3.63) is 0 Å². The van der Waals surface area contributed by atoms with Gasteiger partial charge in [-0.05, 0) is 19.4 Å². The summed E-state index contributed by atoms with van der Waals surface area (Å²) in [4.78, 5) is 12.1. The third kappa shape index (κ3) is 3.01. The molecular formula is C14H22N4O2. The van der Waals surface area contributed by atoms with Gasteiger partial charge in [0.05, 0.1) is 12.6 Å².